The van der Waals surface area contributed by atoms with Gasteiger partial charge in [-0.1, -0.05) is 161 Å². The Bertz CT molecular complexity index is 2400. The van der Waals surface area contributed by atoms with Crippen molar-refractivity contribution in [2.45, 2.75) is 38.5 Å². The molecule has 2 nitrogen and oxygen atoms in total. The van der Waals surface area contributed by atoms with E-state index in [0.29, 0.717) is 0 Å². The molecule has 0 N–H and O–H groups in total. The Balaban J connectivity index is 1.26. The van der Waals surface area contributed by atoms with Crippen molar-refractivity contribution in [2.75, 3.05) is 0 Å². The van der Waals surface area contributed by atoms with Crippen LogP contribution in [-0.2, 0) is 10.8 Å². The van der Waals surface area contributed by atoms with E-state index in [9.17, 15) is 0 Å². The molecule has 0 amide bonds. The van der Waals surface area contributed by atoms with Crippen LogP contribution in [0.4, 0.5) is 0 Å². The molecule has 0 fully saturated rings. The lowest BCUT2D eigenvalue weighted by Gasteiger charge is -2.21. The molecule has 1 heterocycles. The van der Waals surface area contributed by atoms with E-state index >= 15 is 0 Å². The average Bonchev–Trinajstić information content (AvgIpc) is 3.51. The summed E-state index contributed by atoms with van der Waals surface area (Å²) in [6.07, 6.45) is 0. The summed E-state index contributed by atoms with van der Waals surface area (Å²) >= 11 is 0. The van der Waals surface area contributed by atoms with Crippen LogP contribution in [0.25, 0.3) is 67.3 Å². The second kappa shape index (κ2) is 10.5. The van der Waals surface area contributed by atoms with Crippen LogP contribution >= 0.6 is 0 Å². The molecule has 0 aliphatic heterocycles. The van der Waals surface area contributed by atoms with Crippen molar-refractivity contribution in [1.29, 1.82) is 0 Å². The van der Waals surface area contributed by atoms with Gasteiger partial charge in [-0.25, -0.2) is 9.97 Å². The van der Waals surface area contributed by atoms with Crippen LogP contribution in [0.3, 0.4) is 0 Å². The van der Waals surface area contributed by atoms with E-state index in [1.54, 1.807) is 0 Å². The first-order valence-corrected chi connectivity index (χ1v) is 16.8. The number of benzene rings is 6. The minimum atomic E-state index is -0.0899. The first-order chi connectivity index (χ1) is 23.3. The molecule has 2 heteroatoms. The highest BCUT2D eigenvalue weighted by Crippen LogP contribution is 2.53. The average molecular weight is 617 g/mol. The molecule has 0 bridgehead atoms. The highest BCUT2D eigenvalue weighted by atomic mass is 14.9. The van der Waals surface area contributed by atoms with Crippen LogP contribution in [0.2, 0.25) is 0 Å². The molecule has 2 aliphatic carbocycles. The number of hydrogen-bond acceptors (Lipinski definition) is 2. The largest absolute Gasteiger partial charge is 0.228 e. The maximum Gasteiger partial charge on any atom is 0.160 e. The summed E-state index contributed by atoms with van der Waals surface area (Å²) < 4.78 is 0. The van der Waals surface area contributed by atoms with Crippen LogP contribution in [0.15, 0.2) is 146 Å². The quantitative estimate of drug-likeness (QED) is 0.197. The molecule has 0 atom stereocenters. The molecular formula is C46H36N2. The molecule has 2 aliphatic rings. The monoisotopic (exact) mass is 616 g/mol. The van der Waals surface area contributed by atoms with Gasteiger partial charge in [0.05, 0.1) is 11.4 Å². The maximum atomic E-state index is 5.28. The van der Waals surface area contributed by atoms with E-state index in [4.69, 9.17) is 9.97 Å². The first kappa shape index (κ1) is 28.6. The molecule has 7 aromatic rings. The topological polar surface area (TPSA) is 25.8 Å². The molecular weight excluding hydrogens is 581 g/mol. The molecule has 230 valence electrons. The van der Waals surface area contributed by atoms with Crippen LogP contribution in [-0.4, -0.2) is 9.97 Å². The molecule has 6 aromatic carbocycles. The number of fused-ring (bicyclic) bond motifs is 6. The van der Waals surface area contributed by atoms with Gasteiger partial charge in [-0.05, 0) is 67.8 Å². The Labute approximate surface area is 282 Å². The summed E-state index contributed by atoms with van der Waals surface area (Å²) in [5.41, 5.74) is 18.0. The van der Waals surface area contributed by atoms with Crippen LogP contribution in [0, 0.1) is 0 Å². The van der Waals surface area contributed by atoms with Gasteiger partial charge < -0.3 is 0 Å². The molecule has 0 spiro atoms. The fourth-order valence-electron chi connectivity index (χ4n) is 8.25. The van der Waals surface area contributed by atoms with Gasteiger partial charge in [0.2, 0.25) is 0 Å². The lowest BCUT2D eigenvalue weighted by Crippen LogP contribution is -2.14. The normalized spacial score (nSPS) is 14.6. The highest BCUT2D eigenvalue weighted by Gasteiger charge is 2.37. The third-order valence-corrected chi connectivity index (χ3v) is 10.7. The Kier molecular flexibility index (Phi) is 6.23. The maximum absolute atomic E-state index is 5.28. The molecule has 0 saturated heterocycles. The van der Waals surface area contributed by atoms with Gasteiger partial charge in [-0.15, -0.1) is 0 Å². The molecule has 9 rings (SSSR count). The number of nitrogens with zero attached hydrogens (tertiary/aromatic N) is 2. The summed E-state index contributed by atoms with van der Waals surface area (Å²) in [5.74, 6) is 0.727. The first-order valence-electron chi connectivity index (χ1n) is 16.8. The van der Waals surface area contributed by atoms with Crippen LogP contribution < -0.4 is 0 Å². The molecule has 0 radical (unpaired) electrons. The lowest BCUT2D eigenvalue weighted by atomic mass is 9.82. The Morgan fingerprint density at radius 2 is 0.875 bits per heavy atom. The minimum absolute atomic E-state index is 0.0285. The zero-order valence-corrected chi connectivity index (χ0v) is 27.8. The molecule has 0 saturated carbocycles. The Morgan fingerprint density at radius 3 is 1.62 bits per heavy atom. The van der Waals surface area contributed by atoms with Gasteiger partial charge in [-0.2, -0.15) is 0 Å². The van der Waals surface area contributed by atoms with Crippen molar-refractivity contribution in [2.24, 2.45) is 0 Å². The predicted molar refractivity (Wildman–Crippen MR) is 199 cm³/mol. The minimum Gasteiger partial charge on any atom is -0.228 e. The highest BCUT2D eigenvalue weighted by molar-refractivity contribution is 5.94. The van der Waals surface area contributed by atoms with Crippen molar-refractivity contribution in [3.63, 3.8) is 0 Å². The number of rotatable bonds is 4. The molecule has 0 unspecified atom stereocenters. The van der Waals surface area contributed by atoms with Gasteiger partial charge in [0.25, 0.3) is 0 Å². The van der Waals surface area contributed by atoms with Crippen molar-refractivity contribution in [3.05, 3.63) is 168 Å². The third-order valence-electron chi connectivity index (χ3n) is 10.7. The van der Waals surface area contributed by atoms with Gasteiger partial charge in [0, 0.05) is 27.5 Å². The van der Waals surface area contributed by atoms with Gasteiger partial charge in [0.1, 0.15) is 0 Å². The smallest absolute Gasteiger partial charge is 0.160 e. The summed E-state index contributed by atoms with van der Waals surface area (Å²) in [6, 6.07) is 52.6. The standard InChI is InChI=1S/C46H36N2/c1-45(2)37-22-12-10-18-32(37)36-27-30(25-26-39(36)45)31-17-8-9-19-33(31)41-28-42(48-44(47-41)29-15-6-5-7-16-29)35-21-14-24-40-43(35)34-20-11-13-23-38(34)46(40,3)4/h5-28H,1-4H3. The zero-order chi connectivity index (χ0) is 32.6. The third kappa shape index (κ3) is 4.19. The molecule has 48 heavy (non-hydrogen) atoms. The van der Waals surface area contributed by atoms with E-state index in [1.807, 2.05) is 6.07 Å². The van der Waals surface area contributed by atoms with Crippen LogP contribution in [0.1, 0.15) is 49.9 Å². The van der Waals surface area contributed by atoms with E-state index < -0.39 is 0 Å². The predicted octanol–water partition coefficient (Wildman–Crippen LogP) is 11.8. The lowest BCUT2D eigenvalue weighted by molar-refractivity contribution is 0.660. The number of hydrogen-bond donors (Lipinski definition) is 0. The second-order valence-electron chi connectivity index (χ2n) is 14.2. The fourth-order valence-corrected chi connectivity index (χ4v) is 8.25. The van der Waals surface area contributed by atoms with Crippen molar-refractivity contribution < 1.29 is 0 Å². The fraction of sp³-hybridized carbons (Fsp3) is 0.130. The summed E-state index contributed by atoms with van der Waals surface area (Å²) in [6.45, 7) is 9.32. The Morgan fingerprint density at radius 1 is 0.354 bits per heavy atom. The van der Waals surface area contributed by atoms with E-state index in [2.05, 4.69) is 167 Å². The van der Waals surface area contributed by atoms with E-state index in [-0.39, 0.29) is 10.8 Å². The van der Waals surface area contributed by atoms with Gasteiger partial charge in [-0.3, -0.25) is 0 Å². The Hall–Kier alpha value is -5.60. The SMILES string of the molecule is CC1(C)c2ccccc2-c2cc(-c3ccccc3-c3cc(-c4cccc5c4-c4ccccc4C5(C)C)nc(-c4ccccc4)n3)ccc21. The summed E-state index contributed by atoms with van der Waals surface area (Å²) in [4.78, 5) is 10.5. The van der Waals surface area contributed by atoms with Crippen molar-refractivity contribution in [1.82, 2.24) is 9.97 Å². The van der Waals surface area contributed by atoms with Crippen LogP contribution in [0.5, 0.6) is 0 Å². The van der Waals surface area contributed by atoms with Gasteiger partial charge in [0.15, 0.2) is 5.82 Å². The van der Waals surface area contributed by atoms with Crippen molar-refractivity contribution in [3.8, 4) is 67.3 Å². The zero-order valence-electron chi connectivity index (χ0n) is 27.8. The van der Waals surface area contributed by atoms with Crippen molar-refractivity contribution >= 4 is 0 Å². The number of aromatic nitrogens is 2. The van der Waals surface area contributed by atoms with E-state index in [0.717, 1.165) is 39.5 Å². The second-order valence-corrected chi connectivity index (χ2v) is 14.2. The molecule has 1 aromatic heterocycles. The van der Waals surface area contributed by atoms with E-state index in [1.165, 1.54) is 50.1 Å². The van der Waals surface area contributed by atoms with Gasteiger partial charge >= 0.3 is 0 Å². The summed E-state index contributed by atoms with van der Waals surface area (Å²) in [7, 11) is 0. The summed E-state index contributed by atoms with van der Waals surface area (Å²) in [5, 5.41) is 0.